The zero-order valence-electron chi connectivity index (χ0n) is 12.3. The fraction of sp³-hybridized carbons (Fsp3) is 0.600. The first-order chi connectivity index (χ1) is 9.84. The summed E-state index contributed by atoms with van der Waals surface area (Å²) in [7, 11) is 0. The molecule has 0 saturated heterocycles. The van der Waals surface area contributed by atoms with Gasteiger partial charge in [0, 0.05) is 0 Å². The van der Waals surface area contributed by atoms with Crippen molar-refractivity contribution in [1.82, 2.24) is 5.32 Å². The van der Waals surface area contributed by atoms with Crippen LogP contribution in [0.1, 0.15) is 38.7 Å². The van der Waals surface area contributed by atoms with Crippen molar-refractivity contribution in [2.45, 2.75) is 45.4 Å². The summed E-state index contributed by atoms with van der Waals surface area (Å²) in [5.74, 6) is -1.25. The summed E-state index contributed by atoms with van der Waals surface area (Å²) in [5.41, 5.74) is -1.29. The van der Waals surface area contributed by atoms with Crippen molar-refractivity contribution in [2.75, 3.05) is 13.1 Å². The lowest BCUT2D eigenvalue weighted by molar-refractivity contribution is -0.140. The molecule has 0 heterocycles. The van der Waals surface area contributed by atoms with E-state index in [4.69, 9.17) is 4.74 Å². The molecule has 0 saturated carbocycles. The molecule has 0 aliphatic rings. The van der Waals surface area contributed by atoms with Crippen molar-refractivity contribution in [2.24, 2.45) is 0 Å². The second kappa shape index (κ2) is 8.22. The Bertz CT molecular complexity index is 434. The van der Waals surface area contributed by atoms with Crippen LogP contribution in [0, 0.1) is 5.82 Å². The number of benzene rings is 1. The van der Waals surface area contributed by atoms with E-state index in [9.17, 15) is 17.6 Å². The van der Waals surface area contributed by atoms with Crippen molar-refractivity contribution in [3.63, 3.8) is 0 Å². The van der Waals surface area contributed by atoms with E-state index in [1.165, 1.54) is 6.07 Å². The Hall–Kier alpha value is -1.30. The standard InChI is InChI=1S/C15H21F4NO/c1-3-8-20-9-4-5-11(2)21-12-6-7-14(16)13(10-12)15(17,18)19/h6-7,10-11,20H,3-5,8-9H2,1-2H3. The number of hydrogen-bond donors (Lipinski definition) is 1. The first-order valence-electron chi connectivity index (χ1n) is 7.08. The predicted octanol–water partition coefficient (Wildman–Crippen LogP) is 4.39. The molecule has 1 aromatic rings. The van der Waals surface area contributed by atoms with Crippen molar-refractivity contribution < 1.29 is 22.3 Å². The molecule has 1 atom stereocenters. The Labute approximate surface area is 122 Å². The maximum Gasteiger partial charge on any atom is 0.419 e. The van der Waals surface area contributed by atoms with E-state index in [0.29, 0.717) is 6.07 Å². The van der Waals surface area contributed by atoms with E-state index in [2.05, 4.69) is 12.2 Å². The molecule has 21 heavy (non-hydrogen) atoms. The van der Waals surface area contributed by atoms with Crippen molar-refractivity contribution >= 4 is 0 Å². The Morgan fingerprint density at radius 3 is 2.57 bits per heavy atom. The quantitative estimate of drug-likeness (QED) is 0.568. The lowest BCUT2D eigenvalue weighted by Crippen LogP contribution is -2.19. The summed E-state index contributed by atoms with van der Waals surface area (Å²) in [6.07, 6.45) is -2.29. The molecule has 120 valence electrons. The van der Waals surface area contributed by atoms with E-state index in [1.54, 1.807) is 6.92 Å². The van der Waals surface area contributed by atoms with E-state index in [0.717, 1.165) is 38.4 Å². The van der Waals surface area contributed by atoms with Crippen LogP contribution in [0.15, 0.2) is 18.2 Å². The van der Waals surface area contributed by atoms with Gasteiger partial charge in [-0.25, -0.2) is 4.39 Å². The lowest BCUT2D eigenvalue weighted by Gasteiger charge is -2.16. The summed E-state index contributed by atoms with van der Waals surface area (Å²) in [6.45, 7) is 5.66. The van der Waals surface area contributed by atoms with E-state index >= 15 is 0 Å². The number of halogens is 4. The molecule has 2 nitrogen and oxygen atoms in total. The lowest BCUT2D eigenvalue weighted by atomic mass is 10.2. The van der Waals surface area contributed by atoms with Crippen LogP contribution in [0.3, 0.4) is 0 Å². The molecule has 0 spiro atoms. The zero-order valence-corrected chi connectivity index (χ0v) is 12.3. The van der Waals surface area contributed by atoms with Gasteiger partial charge in [0.05, 0.1) is 11.7 Å². The van der Waals surface area contributed by atoms with Crippen LogP contribution >= 0.6 is 0 Å². The largest absolute Gasteiger partial charge is 0.491 e. The average Bonchev–Trinajstić information content (AvgIpc) is 2.39. The van der Waals surface area contributed by atoms with Crippen LogP contribution in [-0.4, -0.2) is 19.2 Å². The highest BCUT2D eigenvalue weighted by Gasteiger charge is 2.34. The van der Waals surface area contributed by atoms with E-state index < -0.39 is 17.6 Å². The molecular formula is C15H21F4NO. The number of rotatable bonds is 8. The smallest absolute Gasteiger partial charge is 0.419 e. The molecule has 1 aromatic carbocycles. The molecule has 0 aliphatic carbocycles. The molecule has 1 rings (SSSR count). The number of nitrogens with one attached hydrogen (secondary N) is 1. The third-order valence-corrected chi connectivity index (χ3v) is 2.97. The van der Waals surface area contributed by atoms with Gasteiger partial charge in [0.15, 0.2) is 0 Å². The molecule has 1 N–H and O–H groups in total. The topological polar surface area (TPSA) is 21.3 Å². The molecule has 0 aromatic heterocycles. The van der Waals surface area contributed by atoms with Crippen LogP contribution in [-0.2, 0) is 6.18 Å². The minimum Gasteiger partial charge on any atom is -0.491 e. The van der Waals surface area contributed by atoms with E-state index in [1.807, 2.05) is 0 Å². The van der Waals surface area contributed by atoms with Gasteiger partial charge in [-0.05, 0) is 57.5 Å². The highest BCUT2D eigenvalue weighted by atomic mass is 19.4. The Balaban J connectivity index is 2.51. The zero-order chi connectivity index (χ0) is 15.9. The Morgan fingerprint density at radius 1 is 1.24 bits per heavy atom. The minimum absolute atomic E-state index is 0.0396. The third kappa shape index (κ3) is 6.33. The van der Waals surface area contributed by atoms with Gasteiger partial charge in [0.2, 0.25) is 0 Å². The maximum absolute atomic E-state index is 13.1. The van der Waals surface area contributed by atoms with Gasteiger partial charge in [0.1, 0.15) is 11.6 Å². The van der Waals surface area contributed by atoms with Crippen molar-refractivity contribution in [3.05, 3.63) is 29.6 Å². The van der Waals surface area contributed by atoms with Crippen molar-refractivity contribution in [3.8, 4) is 5.75 Å². The number of alkyl halides is 3. The van der Waals surface area contributed by atoms with Crippen LogP contribution in [0.5, 0.6) is 5.75 Å². The van der Waals surface area contributed by atoms with Crippen LogP contribution in [0.4, 0.5) is 17.6 Å². The van der Waals surface area contributed by atoms with Crippen molar-refractivity contribution in [1.29, 1.82) is 0 Å². The van der Waals surface area contributed by atoms with Gasteiger partial charge in [-0.3, -0.25) is 0 Å². The van der Waals surface area contributed by atoms with E-state index in [-0.39, 0.29) is 11.9 Å². The highest BCUT2D eigenvalue weighted by Crippen LogP contribution is 2.33. The Kier molecular flexibility index (Phi) is 6.95. The second-order valence-corrected chi connectivity index (χ2v) is 4.96. The Morgan fingerprint density at radius 2 is 1.95 bits per heavy atom. The molecule has 0 radical (unpaired) electrons. The summed E-state index contributed by atoms with van der Waals surface area (Å²) in [6, 6.07) is 2.71. The molecule has 0 bridgehead atoms. The number of ether oxygens (including phenoxy) is 1. The second-order valence-electron chi connectivity index (χ2n) is 4.96. The minimum atomic E-state index is -4.71. The fourth-order valence-electron chi connectivity index (χ4n) is 1.90. The monoisotopic (exact) mass is 307 g/mol. The van der Waals surface area contributed by atoms with Crippen LogP contribution in [0.2, 0.25) is 0 Å². The molecule has 6 heteroatoms. The van der Waals surface area contributed by atoms with Crippen LogP contribution in [0.25, 0.3) is 0 Å². The third-order valence-electron chi connectivity index (χ3n) is 2.97. The summed E-state index contributed by atoms with van der Waals surface area (Å²) < 4.78 is 56.3. The first kappa shape index (κ1) is 17.8. The van der Waals surface area contributed by atoms with Gasteiger partial charge in [0.25, 0.3) is 0 Å². The molecule has 1 unspecified atom stereocenters. The summed E-state index contributed by atoms with van der Waals surface area (Å²) in [5, 5.41) is 3.24. The first-order valence-corrected chi connectivity index (χ1v) is 7.08. The van der Waals surface area contributed by atoms with Gasteiger partial charge < -0.3 is 10.1 Å². The number of hydrogen-bond acceptors (Lipinski definition) is 2. The predicted molar refractivity (Wildman–Crippen MR) is 73.9 cm³/mol. The highest BCUT2D eigenvalue weighted by molar-refractivity contribution is 5.31. The summed E-state index contributed by atoms with van der Waals surface area (Å²) in [4.78, 5) is 0. The maximum atomic E-state index is 13.1. The van der Waals surface area contributed by atoms with Gasteiger partial charge in [-0.2, -0.15) is 13.2 Å². The van der Waals surface area contributed by atoms with Crippen LogP contribution < -0.4 is 10.1 Å². The molecular weight excluding hydrogens is 286 g/mol. The SMILES string of the molecule is CCCNCCCC(C)Oc1ccc(F)c(C(F)(F)F)c1. The van der Waals surface area contributed by atoms with Gasteiger partial charge in [-0.1, -0.05) is 6.92 Å². The average molecular weight is 307 g/mol. The normalized spacial score (nSPS) is 13.2. The van der Waals surface area contributed by atoms with Gasteiger partial charge >= 0.3 is 6.18 Å². The van der Waals surface area contributed by atoms with Gasteiger partial charge in [-0.15, -0.1) is 0 Å². The fourth-order valence-corrected chi connectivity index (χ4v) is 1.90. The summed E-state index contributed by atoms with van der Waals surface area (Å²) >= 11 is 0. The molecule has 0 amide bonds. The molecule has 0 fully saturated rings. The molecule has 0 aliphatic heterocycles.